The summed E-state index contributed by atoms with van der Waals surface area (Å²) < 4.78 is 58.8. The van der Waals surface area contributed by atoms with Crippen molar-refractivity contribution in [1.82, 2.24) is 4.98 Å². The highest BCUT2D eigenvalue weighted by atomic mass is 32.2. The molecule has 34 heavy (non-hydrogen) atoms. The molecule has 0 fully saturated rings. The van der Waals surface area contributed by atoms with Gasteiger partial charge in [0.25, 0.3) is 0 Å². The summed E-state index contributed by atoms with van der Waals surface area (Å²) >= 11 is 1.45. The molecule has 0 radical (unpaired) electrons. The highest BCUT2D eigenvalue weighted by Gasteiger charge is 2.57. The van der Waals surface area contributed by atoms with E-state index in [9.17, 15) is 32.3 Å². The van der Waals surface area contributed by atoms with Crippen LogP contribution >= 0.6 is 23.1 Å². The Morgan fingerprint density at radius 2 is 1.82 bits per heavy atom. The van der Waals surface area contributed by atoms with Crippen LogP contribution in [0.5, 0.6) is 0 Å². The van der Waals surface area contributed by atoms with Crippen LogP contribution in [0.15, 0.2) is 73.2 Å². The Hall–Kier alpha value is -3.22. The van der Waals surface area contributed by atoms with Crippen molar-refractivity contribution in [3.05, 3.63) is 75.8 Å². The number of rotatable bonds is 6. The van der Waals surface area contributed by atoms with E-state index in [1.54, 1.807) is 12.1 Å². The van der Waals surface area contributed by atoms with E-state index in [4.69, 9.17) is 9.52 Å². The number of carbonyl (C=O) groups is 1. The second kappa shape index (κ2) is 8.85. The molecule has 6 nitrogen and oxygen atoms in total. The van der Waals surface area contributed by atoms with Crippen LogP contribution in [0.1, 0.15) is 11.3 Å². The van der Waals surface area contributed by atoms with E-state index in [-0.39, 0.29) is 9.92 Å². The monoisotopic (exact) mass is 511 g/mol. The van der Waals surface area contributed by atoms with Crippen LogP contribution in [-0.4, -0.2) is 27.3 Å². The zero-order valence-corrected chi connectivity index (χ0v) is 18.4. The van der Waals surface area contributed by atoms with Gasteiger partial charge in [0.2, 0.25) is 5.60 Å². The van der Waals surface area contributed by atoms with Crippen LogP contribution in [0.4, 0.5) is 17.6 Å². The number of carboxylic acids is 1. The third-order valence-corrected chi connectivity index (χ3v) is 7.06. The third kappa shape index (κ3) is 4.69. The molecule has 0 spiro atoms. The van der Waals surface area contributed by atoms with Crippen molar-refractivity contribution in [3.8, 4) is 11.1 Å². The van der Waals surface area contributed by atoms with Crippen molar-refractivity contribution in [2.75, 3.05) is 0 Å². The number of aromatic nitrogens is 1. The lowest BCUT2D eigenvalue weighted by atomic mass is 9.98. The molecule has 4 aromatic rings. The minimum Gasteiger partial charge on any atom is -0.481 e. The molecule has 4 rings (SSSR count). The van der Waals surface area contributed by atoms with Gasteiger partial charge < -0.3 is 14.6 Å². The van der Waals surface area contributed by atoms with Crippen LogP contribution in [0, 0.1) is 5.82 Å². The summed E-state index contributed by atoms with van der Waals surface area (Å²) in [5, 5.41) is 19.5. The summed E-state index contributed by atoms with van der Waals surface area (Å²) in [4.78, 5) is 26.7. The Balaban J connectivity index is 1.68. The van der Waals surface area contributed by atoms with E-state index < -0.39 is 40.5 Å². The summed E-state index contributed by atoms with van der Waals surface area (Å²) in [7, 11) is 0. The highest BCUT2D eigenvalue weighted by molar-refractivity contribution is 8.01. The molecule has 0 saturated heterocycles. The minimum atomic E-state index is -5.22. The smallest absolute Gasteiger partial charge is 0.422 e. The van der Waals surface area contributed by atoms with Crippen molar-refractivity contribution >= 4 is 40.0 Å². The van der Waals surface area contributed by atoms with Gasteiger partial charge in [-0.05, 0) is 41.5 Å². The zero-order valence-electron chi connectivity index (χ0n) is 16.8. The topological polar surface area (TPSA) is 101 Å². The number of thiazole rings is 1. The summed E-state index contributed by atoms with van der Waals surface area (Å²) in [5.74, 6) is -2.25. The maximum absolute atomic E-state index is 13.4. The summed E-state index contributed by atoms with van der Waals surface area (Å²) in [6.45, 7) is 0. The van der Waals surface area contributed by atoms with Gasteiger partial charge in [0.05, 0.1) is 11.3 Å². The van der Waals surface area contributed by atoms with Gasteiger partial charge in [-0.25, -0.2) is 14.2 Å². The number of fused-ring (bicyclic) bond motifs is 1. The van der Waals surface area contributed by atoms with Crippen molar-refractivity contribution < 1.29 is 37.0 Å². The Morgan fingerprint density at radius 3 is 2.47 bits per heavy atom. The number of aliphatic carboxylic acids is 1. The number of benzene rings is 2. The molecule has 12 heteroatoms. The first-order valence-corrected chi connectivity index (χ1v) is 11.1. The van der Waals surface area contributed by atoms with Crippen molar-refractivity contribution in [2.45, 2.75) is 27.4 Å². The lowest BCUT2D eigenvalue weighted by Gasteiger charge is -2.27. The third-order valence-electron chi connectivity index (χ3n) is 4.84. The van der Waals surface area contributed by atoms with Crippen LogP contribution in [0.2, 0.25) is 0 Å². The lowest BCUT2D eigenvalue weighted by Crippen LogP contribution is -2.43. The summed E-state index contributed by atoms with van der Waals surface area (Å²) in [6, 6.07) is 11.6. The Morgan fingerprint density at radius 1 is 1.12 bits per heavy atom. The molecule has 0 amide bonds. The molecule has 0 aliphatic carbocycles. The molecule has 2 aromatic carbocycles. The number of carboxylic acid groups (broad SMARTS) is 1. The molecule has 0 aliphatic rings. The maximum atomic E-state index is 13.4. The van der Waals surface area contributed by atoms with Gasteiger partial charge in [0, 0.05) is 22.5 Å². The molecule has 2 aromatic heterocycles. The Bertz CT molecular complexity index is 1430. The fraction of sp³-hybridized carbons (Fsp3) is 0.136. The van der Waals surface area contributed by atoms with Gasteiger partial charge in [-0.1, -0.05) is 23.9 Å². The molecule has 0 bridgehead atoms. The van der Waals surface area contributed by atoms with E-state index in [0.717, 1.165) is 18.0 Å². The zero-order chi connectivity index (χ0) is 24.7. The number of hydrogen-bond donors (Lipinski definition) is 2. The fourth-order valence-electron chi connectivity index (χ4n) is 3.22. The molecule has 0 unspecified atom stereocenters. The Kier molecular flexibility index (Phi) is 6.23. The first-order valence-electron chi connectivity index (χ1n) is 9.45. The largest absolute Gasteiger partial charge is 0.481 e. The molecular formula is C22H13F4NO5S2. The molecule has 0 saturated carbocycles. The van der Waals surface area contributed by atoms with E-state index in [1.807, 2.05) is 0 Å². The van der Waals surface area contributed by atoms with Gasteiger partial charge in [-0.2, -0.15) is 13.2 Å². The van der Waals surface area contributed by atoms with Gasteiger partial charge in [-0.15, -0.1) is 11.3 Å². The van der Waals surface area contributed by atoms with E-state index in [1.165, 1.54) is 36.4 Å². The van der Waals surface area contributed by atoms with Gasteiger partial charge >= 0.3 is 17.8 Å². The van der Waals surface area contributed by atoms with E-state index in [2.05, 4.69) is 4.98 Å². The summed E-state index contributed by atoms with van der Waals surface area (Å²) in [6.07, 6.45) is -5.99. The Labute approximate surface area is 196 Å². The molecule has 1 atom stereocenters. The predicted octanol–water partition coefficient (Wildman–Crippen LogP) is 5.43. The van der Waals surface area contributed by atoms with Crippen molar-refractivity contribution in [3.63, 3.8) is 0 Å². The van der Waals surface area contributed by atoms with Crippen LogP contribution in [0.25, 0.3) is 22.1 Å². The summed E-state index contributed by atoms with van der Waals surface area (Å²) in [5.41, 5.74) is -2.91. The second-order valence-corrected chi connectivity index (χ2v) is 9.52. The number of nitrogens with zero attached hydrogens (tertiary/aromatic N) is 1. The molecule has 176 valence electrons. The predicted molar refractivity (Wildman–Crippen MR) is 116 cm³/mol. The fourth-order valence-corrected chi connectivity index (χ4v) is 5.31. The first kappa shape index (κ1) is 23.9. The molecule has 2 N–H and O–H groups in total. The van der Waals surface area contributed by atoms with Crippen molar-refractivity contribution in [2.24, 2.45) is 0 Å². The normalized spacial score (nSPS) is 13.7. The number of aliphatic hydroxyl groups is 1. The van der Waals surface area contributed by atoms with E-state index in [0.29, 0.717) is 32.7 Å². The molecule has 2 heterocycles. The number of alkyl halides is 3. The quantitative estimate of drug-likeness (QED) is 0.263. The lowest BCUT2D eigenvalue weighted by molar-refractivity contribution is -0.267. The number of halogens is 4. The minimum absolute atomic E-state index is 0.111. The molecular weight excluding hydrogens is 498 g/mol. The molecule has 0 aliphatic heterocycles. The van der Waals surface area contributed by atoms with Crippen LogP contribution in [0.3, 0.4) is 0 Å². The van der Waals surface area contributed by atoms with Crippen LogP contribution in [-0.2, 0) is 10.4 Å². The van der Waals surface area contributed by atoms with Gasteiger partial charge in [0.1, 0.15) is 11.4 Å². The maximum Gasteiger partial charge on any atom is 0.422 e. The second-order valence-electron chi connectivity index (χ2n) is 7.16. The van der Waals surface area contributed by atoms with Crippen LogP contribution < -0.4 is 5.63 Å². The highest BCUT2D eigenvalue weighted by Crippen LogP contribution is 2.45. The average Bonchev–Trinajstić information content (AvgIpc) is 3.21. The first-order chi connectivity index (χ1) is 16.0. The van der Waals surface area contributed by atoms with Gasteiger partial charge in [0.15, 0.2) is 4.34 Å². The van der Waals surface area contributed by atoms with Gasteiger partial charge in [-0.3, -0.25) is 4.79 Å². The van der Waals surface area contributed by atoms with E-state index >= 15 is 0 Å². The SMILES string of the molecule is O=C(O)C[C@@](O)(c1cnc(Sc2ccc3c(-c4ccc(F)cc4)cc(=O)oc3c2)s1)C(F)(F)F. The van der Waals surface area contributed by atoms with Crippen molar-refractivity contribution in [1.29, 1.82) is 0 Å². The average molecular weight is 511 g/mol. The number of hydrogen-bond acceptors (Lipinski definition) is 7. The standard InChI is InChI=1S/C22H13F4NO5S2/c23-12-3-1-11(2-4-12)15-8-19(30)32-16-7-13(5-6-14(15)16)33-20-27-10-17(34-20)21(31,9-18(28)29)22(24,25)26/h1-8,10,31H,9H2,(H,28,29)/t21-/m1/s1.